The Kier molecular flexibility index (Phi) is 7.53. The Labute approximate surface area is 233 Å². The van der Waals surface area contributed by atoms with Crippen LogP contribution in [0.15, 0.2) is 95.5 Å². The molecule has 0 spiro atoms. The number of fused-ring (bicyclic) bond motifs is 2. The Morgan fingerprint density at radius 2 is 1.63 bits per heavy atom. The number of aromatic nitrogens is 1. The Morgan fingerprint density at radius 3 is 2.37 bits per heavy atom. The summed E-state index contributed by atoms with van der Waals surface area (Å²) in [5.74, 6) is 0.0953. The fraction of sp³-hybridized carbons (Fsp3) is 0.242. The summed E-state index contributed by atoms with van der Waals surface area (Å²) in [5.41, 5.74) is 3.48. The van der Waals surface area contributed by atoms with E-state index in [2.05, 4.69) is 82.4 Å². The zero-order chi connectivity index (χ0) is 26.9. The molecule has 0 radical (unpaired) electrons. The smallest absolute Gasteiger partial charge is 0.217 e. The molecule has 1 aromatic heterocycles. The van der Waals surface area contributed by atoms with Crippen LogP contribution in [0.5, 0.6) is 5.88 Å². The molecule has 0 aliphatic carbocycles. The summed E-state index contributed by atoms with van der Waals surface area (Å²) < 4.78 is 6.95. The Balaban J connectivity index is 1.84. The Hall–Kier alpha value is -3.25. The van der Waals surface area contributed by atoms with Crippen molar-refractivity contribution in [1.29, 1.82) is 0 Å². The lowest BCUT2D eigenvalue weighted by Crippen LogP contribution is -2.38. The maximum atomic E-state index is 13.1. The molecule has 4 aromatic carbocycles. The molecule has 2 atom stereocenters. The average molecular weight is 570 g/mol. The van der Waals surface area contributed by atoms with Gasteiger partial charge in [0.15, 0.2) is 0 Å². The van der Waals surface area contributed by atoms with Gasteiger partial charge in [-0.15, -0.1) is 0 Å². The summed E-state index contributed by atoms with van der Waals surface area (Å²) >= 11 is 3.69. The van der Waals surface area contributed by atoms with Crippen molar-refractivity contribution in [2.75, 3.05) is 27.7 Å². The molecule has 0 fully saturated rings. The summed E-state index contributed by atoms with van der Waals surface area (Å²) in [6, 6.07) is 31.0. The third-order valence-corrected chi connectivity index (χ3v) is 8.25. The minimum Gasteiger partial charge on any atom is -0.481 e. The van der Waals surface area contributed by atoms with Gasteiger partial charge in [-0.25, -0.2) is 4.98 Å². The van der Waals surface area contributed by atoms with Crippen LogP contribution in [0.4, 0.5) is 0 Å². The lowest BCUT2D eigenvalue weighted by atomic mass is 9.70. The van der Waals surface area contributed by atoms with Gasteiger partial charge in [-0.2, -0.15) is 0 Å². The molecule has 5 aromatic rings. The van der Waals surface area contributed by atoms with Gasteiger partial charge in [-0.3, -0.25) is 0 Å². The molecule has 0 saturated carbocycles. The molecule has 4 nitrogen and oxygen atoms in total. The van der Waals surface area contributed by atoms with E-state index in [-0.39, 0.29) is 0 Å². The highest BCUT2D eigenvalue weighted by Gasteiger charge is 2.43. The number of aliphatic hydroxyl groups is 1. The number of hydrogen-bond donors (Lipinski definition) is 1. The van der Waals surface area contributed by atoms with Crippen LogP contribution in [0, 0.1) is 6.92 Å². The predicted octanol–water partition coefficient (Wildman–Crippen LogP) is 7.44. The normalized spacial score (nSPS) is 14.1. The molecule has 1 heterocycles. The molecule has 0 bridgehead atoms. The average Bonchev–Trinajstić information content (AvgIpc) is 2.93. The zero-order valence-corrected chi connectivity index (χ0v) is 23.9. The third-order valence-electron chi connectivity index (χ3n) is 7.40. The molecule has 0 saturated heterocycles. The molecular formula is C33H33BrN2O2. The molecule has 2 unspecified atom stereocenters. The van der Waals surface area contributed by atoms with E-state index >= 15 is 0 Å². The molecule has 0 aliphatic rings. The first-order chi connectivity index (χ1) is 18.3. The van der Waals surface area contributed by atoms with Crippen molar-refractivity contribution in [2.45, 2.75) is 24.9 Å². The Morgan fingerprint density at radius 1 is 0.921 bits per heavy atom. The standard InChI is InChI=1S/C33H33BrN2O2/c1-22-19-30-25(21-29(22)34)20-27(32(35-30)38-4)31(24-12-6-5-7-13-24)33(37,17-18-36(2)3)28-16-10-14-23-11-8-9-15-26(23)28/h5-16,19-21,31,37H,17-18H2,1-4H3. The van der Waals surface area contributed by atoms with Gasteiger partial charge < -0.3 is 14.7 Å². The van der Waals surface area contributed by atoms with Gasteiger partial charge in [0, 0.05) is 27.9 Å². The predicted molar refractivity (Wildman–Crippen MR) is 160 cm³/mol. The number of halogens is 1. The van der Waals surface area contributed by atoms with Crippen molar-refractivity contribution >= 4 is 37.6 Å². The van der Waals surface area contributed by atoms with E-state index in [0.717, 1.165) is 48.4 Å². The third kappa shape index (κ3) is 4.94. The molecule has 0 aliphatic heterocycles. The minimum absolute atomic E-state index is 0.429. The number of hydrogen-bond acceptors (Lipinski definition) is 4. The van der Waals surface area contributed by atoms with E-state index in [0.29, 0.717) is 18.8 Å². The monoisotopic (exact) mass is 568 g/mol. The number of benzene rings is 4. The van der Waals surface area contributed by atoms with Crippen molar-refractivity contribution in [3.05, 3.63) is 118 Å². The second kappa shape index (κ2) is 10.9. The highest BCUT2D eigenvalue weighted by atomic mass is 79.9. The van der Waals surface area contributed by atoms with Gasteiger partial charge in [-0.1, -0.05) is 88.7 Å². The van der Waals surface area contributed by atoms with E-state index < -0.39 is 11.5 Å². The van der Waals surface area contributed by atoms with Crippen molar-refractivity contribution in [3.63, 3.8) is 0 Å². The first kappa shape index (κ1) is 26.4. The maximum Gasteiger partial charge on any atom is 0.217 e. The van der Waals surface area contributed by atoms with E-state index in [9.17, 15) is 5.11 Å². The van der Waals surface area contributed by atoms with Crippen molar-refractivity contribution in [3.8, 4) is 5.88 Å². The summed E-state index contributed by atoms with van der Waals surface area (Å²) in [5, 5.41) is 16.2. The van der Waals surface area contributed by atoms with Gasteiger partial charge >= 0.3 is 0 Å². The molecule has 1 N–H and O–H groups in total. The molecule has 5 rings (SSSR count). The number of pyridine rings is 1. The summed E-state index contributed by atoms with van der Waals surface area (Å²) in [6.07, 6.45) is 0.520. The molecule has 0 amide bonds. The number of ether oxygens (including phenoxy) is 1. The lowest BCUT2D eigenvalue weighted by Gasteiger charge is -2.39. The molecule has 38 heavy (non-hydrogen) atoms. The van der Waals surface area contributed by atoms with Gasteiger partial charge in [0.05, 0.1) is 12.6 Å². The van der Waals surface area contributed by atoms with Crippen LogP contribution in [0.2, 0.25) is 0 Å². The second-order valence-corrected chi connectivity index (χ2v) is 11.1. The van der Waals surface area contributed by atoms with Gasteiger partial charge in [0.25, 0.3) is 0 Å². The summed E-state index contributed by atoms with van der Waals surface area (Å²) in [6.45, 7) is 2.76. The van der Waals surface area contributed by atoms with Crippen LogP contribution in [0.25, 0.3) is 21.7 Å². The first-order valence-electron chi connectivity index (χ1n) is 12.9. The second-order valence-electron chi connectivity index (χ2n) is 10.2. The number of methoxy groups -OCH3 is 1. The SMILES string of the molecule is COc1nc2cc(C)c(Br)cc2cc1C(c1ccccc1)C(O)(CCN(C)C)c1cccc2ccccc12. The highest BCUT2D eigenvalue weighted by Crippen LogP contribution is 2.49. The number of rotatable bonds is 8. The quantitative estimate of drug-likeness (QED) is 0.211. The minimum atomic E-state index is -1.25. The Bertz CT molecular complexity index is 1580. The zero-order valence-electron chi connectivity index (χ0n) is 22.3. The van der Waals surface area contributed by atoms with E-state index in [1.54, 1.807) is 7.11 Å². The fourth-order valence-corrected chi connectivity index (χ4v) is 5.82. The van der Waals surface area contributed by atoms with Crippen LogP contribution in [-0.2, 0) is 5.60 Å². The molecule has 5 heteroatoms. The summed E-state index contributed by atoms with van der Waals surface area (Å²) in [4.78, 5) is 7.06. The topological polar surface area (TPSA) is 45.6 Å². The van der Waals surface area contributed by atoms with Crippen LogP contribution < -0.4 is 4.74 Å². The number of nitrogens with zero attached hydrogens (tertiary/aromatic N) is 2. The van der Waals surface area contributed by atoms with Gasteiger partial charge in [-0.05, 0) is 73.1 Å². The largest absolute Gasteiger partial charge is 0.481 e. The van der Waals surface area contributed by atoms with E-state index in [1.165, 1.54) is 0 Å². The van der Waals surface area contributed by atoms with Crippen molar-refractivity contribution < 1.29 is 9.84 Å². The fourth-order valence-electron chi connectivity index (χ4n) is 5.46. The van der Waals surface area contributed by atoms with Gasteiger partial charge in [0.2, 0.25) is 5.88 Å². The van der Waals surface area contributed by atoms with Crippen LogP contribution >= 0.6 is 15.9 Å². The van der Waals surface area contributed by atoms with Crippen molar-refractivity contribution in [1.82, 2.24) is 9.88 Å². The summed E-state index contributed by atoms with van der Waals surface area (Å²) in [7, 11) is 5.74. The highest BCUT2D eigenvalue weighted by molar-refractivity contribution is 9.10. The van der Waals surface area contributed by atoms with Crippen LogP contribution in [0.3, 0.4) is 0 Å². The maximum absolute atomic E-state index is 13.1. The van der Waals surface area contributed by atoms with Crippen LogP contribution in [-0.4, -0.2) is 42.7 Å². The first-order valence-corrected chi connectivity index (χ1v) is 13.7. The van der Waals surface area contributed by atoms with Gasteiger partial charge in [0.1, 0.15) is 5.60 Å². The lowest BCUT2D eigenvalue weighted by molar-refractivity contribution is 0.00520. The number of aryl methyl sites for hydroxylation is 1. The van der Waals surface area contributed by atoms with E-state index in [4.69, 9.17) is 9.72 Å². The van der Waals surface area contributed by atoms with E-state index in [1.807, 2.05) is 50.5 Å². The van der Waals surface area contributed by atoms with Crippen LogP contribution in [0.1, 0.15) is 34.6 Å². The molecule has 194 valence electrons. The van der Waals surface area contributed by atoms with Crippen molar-refractivity contribution in [2.24, 2.45) is 0 Å². The molecular weight excluding hydrogens is 536 g/mol.